The number of carbonyl (C=O) groups is 1. The van der Waals surface area contributed by atoms with E-state index in [2.05, 4.69) is 5.32 Å². The van der Waals surface area contributed by atoms with Crippen molar-refractivity contribution in [1.82, 2.24) is 0 Å². The van der Waals surface area contributed by atoms with Crippen LogP contribution in [-0.4, -0.2) is 34.7 Å². The van der Waals surface area contributed by atoms with Gasteiger partial charge >= 0.3 is 0 Å². The summed E-state index contributed by atoms with van der Waals surface area (Å²) in [6.45, 7) is 0. The molecule has 0 fully saturated rings. The average molecular weight is 334 g/mol. The van der Waals surface area contributed by atoms with Crippen molar-refractivity contribution in [2.75, 3.05) is 30.0 Å². The molecule has 1 amide bonds. The average Bonchev–Trinajstić information content (AvgIpc) is 2.53. The highest BCUT2D eigenvalue weighted by atomic mass is 32.2. The number of sulfonamides is 1. The van der Waals surface area contributed by atoms with E-state index in [-0.39, 0.29) is 5.91 Å². The Morgan fingerprint density at radius 3 is 2.48 bits per heavy atom. The van der Waals surface area contributed by atoms with E-state index in [1.54, 1.807) is 48.5 Å². The molecule has 2 aromatic rings. The van der Waals surface area contributed by atoms with Crippen LogP contribution in [0.3, 0.4) is 0 Å². The molecule has 23 heavy (non-hydrogen) atoms. The summed E-state index contributed by atoms with van der Waals surface area (Å²) in [5.41, 5.74) is 1.42. The van der Waals surface area contributed by atoms with E-state index in [1.807, 2.05) is 0 Å². The number of benzene rings is 2. The largest absolute Gasteiger partial charge is 0.497 e. The van der Waals surface area contributed by atoms with Crippen LogP contribution in [-0.2, 0) is 10.0 Å². The first-order chi connectivity index (χ1) is 10.8. The Hall–Kier alpha value is -2.54. The summed E-state index contributed by atoms with van der Waals surface area (Å²) >= 11 is 0. The topological polar surface area (TPSA) is 75.7 Å². The molecule has 0 aliphatic heterocycles. The van der Waals surface area contributed by atoms with Gasteiger partial charge in [-0.2, -0.15) is 0 Å². The van der Waals surface area contributed by atoms with E-state index >= 15 is 0 Å². The normalized spacial score (nSPS) is 10.9. The minimum absolute atomic E-state index is 0.303. The number of rotatable bonds is 5. The van der Waals surface area contributed by atoms with Gasteiger partial charge in [0.2, 0.25) is 10.0 Å². The first-order valence-electron chi connectivity index (χ1n) is 6.80. The number of amides is 1. The second-order valence-electron chi connectivity index (χ2n) is 4.97. The number of hydrogen-bond donors (Lipinski definition) is 1. The molecule has 7 heteroatoms. The van der Waals surface area contributed by atoms with Gasteiger partial charge in [0.15, 0.2) is 0 Å². The summed E-state index contributed by atoms with van der Waals surface area (Å²) < 4.78 is 29.4. The standard InChI is InChI=1S/C16H18N2O4S/c1-18(23(3,20)21)14-8-5-7-13(11-14)17-16(19)12-6-4-9-15(10-12)22-2/h4-11H,1-3H3,(H,17,19). The lowest BCUT2D eigenvalue weighted by Gasteiger charge is -2.17. The molecule has 2 aromatic carbocycles. The van der Waals surface area contributed by atoms with Gasteiger partial charge in [-0.3, -0.25) is 9.10 Å². The van der Waals surface area contributed by atoms with Crippen molar-refractivity contribution in [1.29, 1.82) is 0 Å². The fourth-order valence-electron chi connectivity index (χ4n) is 1.94. The zero-order valence-electron chi connectivity index (χ0n) is 13.1. The van der Waals surface area contributed by atoms with Gasteiger partial charge in [0.1, 0.15) is 5.75 Å². The molecule has 0 radical (unpaired) electrons. The van der Waals surface area contributed by atoms with E-state index in [1.165, 1.54) is 14.2 Å². The van der Waals surface area contributed by atoms with E-state index in [0.29, 0.717) is 22.7 Å². The molecule has 6 nitrogen and oxygen atoms in total. The number of nitrogens with one attached hydrogen (secondary N) is 1. The van der Waals surface area contributed by atoms with Gasteiger partial charge < -0.3 is 10.1 Å². The predicted octanol–water partition coefficient (Wildman–Crippen LogP) is 2.34. The van der Waals surface area contributed by atoms with Gasteiger partial charge in [-0.1, -0.05) is 12.1 Å². The molecule has 0 unspecified atom stereocenters. The summed E-state index contributed by atoms with van der Waals surface area (Å²) in [5.74, 6) is 0.284. The fourth-order valence-corrected chi connectivity index (χ4v) is 2.44. The number of methoxy groups -OCH3 is 1. The van der Waals surface area contributed by atoms with Crippen LogP contribution >= 0.6 is 0 Å². The summed E-state index contributed by atoms with van der Waals surface area (Å²) in [5, 5.41) is 2.74. The number of anilines is 2. The van der Waals surface area contributed by atoms with Crippen LogP contribution in [0, 0.1) is 0 Å². The third-order valence-corrected chi connectivity index (χ3v) is 4.50. The second kappa shape index (κ2) is 6.70. The maximum Gasteiger partial charge on any atom is 0.255 e. The maximum atomic E-state index is 12.3. The van der Waals surface area contributed by atoms with Gasteiger partial charge in [0, 0.05) is 18.3 Å². The molecule has 0 spiro atoms. The van der Waals surface area contributed by atoms with Crippen LogP contribution < -0.4 is 14.4 Å². The minimum Gasteiger partial charge on any atom is -0.497 e. The summed E-state index contributed by atoms with van der Waals surface area (Å²) in [4.78, 5) is 12.3. The number of hydrogen-bond acceptors (Lipinski definition) is 4. The molecule has 0 heterocycles. The lowest BCUT2D eigenvalue weighted by Crippen LogP contribution is -2.24. The van der Waals surface area contributed by atoms with Crippen LogP contribution in [0.5, 0.6) is 5.75 Å². The summed E-state index contributed by atoms with van der Waals surface area (Å²) in [6.07, 6.45) is 1.12. The van der Waals surface area contributed by atoms with Crippen LogP contribution in [0.4, 0.5) is 11.4 Å². The molecule has 0 bridgehead atoms. The van der Waals surface area contributed by atoms with Crippen molar-refractivity contribution < 1.29 is 17.9 Å². The van der Waals surface area contributed by atoms with E-state index in [0.717, 1.165) is 10.6 Å². The van der Waals surface area contributed by atoms with Crippen molar-refractivity contribution in [3.05, 3.63) is 54.1 Å². The highest BCUT2D eigenvalue weighted by Gasteiger charge is 2.13. The third-order valence-electron chi connectivity index (χ3n) is 3.30. The van der Waals surface area contributed by atoms with Crippen LogP contribution in [0.25, 0.3) is 0 Å². The van der Waals surface area contributed by atoms with Crippen molar-refractivity contribution in [3.63, 3.8) is 0 Å². The first-order valence-corrected chi connectivity index (χ1v) is 8.65. The van der Waals surface area contributed by atoms with E-state index in [9.17, 15) is 13.2 Å². The highest BCUT2D eigenvalue weighted by molar-refractivity contribution is 7.92. The van der Waals surface area contributed by atoms with Crippen molar-refractivity contribution in [2.45, 2.75) is 0 Å². The molecule has 0 atom stereocenters. The molecule has 0 aromatic heterocycles. The Balaban J connectivity index is 2.21. The third kappa shape index (κ3) is 4.23. The molecular weight excluding hydrogens is 316 g/mol. The number of carbonyl (C=O) groups excluding carboxylic acids is 1. The quantitative estimate of drug-likeness (QED) is 0.910. The van der Waals surface area contributed by atoms with Gasteiger partial charge in [-0.05, 0) is 36.4 Å². The summed E-state index contributed by atoms with van der Waals surface area (Å²) in [6, 6.07) is 13.4. The SMILES string of the molecule is COc1cccc(C(=O)Nc2cccc(N(C)S(C)(=O)=O)c2)c1. The Labute approximate surface area is 135 Å². The van der Waals surface area contributed by atoms with E-state index in [4.69, 9.17) is 4.74 Å². The molecule has 122 valence electrons. The molecule has 0 aliphatic rings. The van der Waals surface area contributed by atoms with Gasteiger partial charge in [0.25, 0.3) is 5.91 Å². The van der Waals surface area contributed by atoms with Crippen molar-refractivity contribution >= 4 is 27.3 Å². The first kappa shape index (κ1) is 16.8. The number of nitrogens with zero attached hydrogens (tertiary/aromatic N) is 1. The van der Waals surface area contributed by atoms with Crippen LogP contribution in [0.1, 0.15) is 10.4 Å². The Morgan fingerprint density at radius 2 is 1.83 bits per heavy atom. The molecule has 0 saturated heterocycles. The lowest BCUT2D eigenvalue weighted by atomic mass is 10.2. The van der Waals surface area contributed by atoms with Crippen molar-refractivity contribution in [2.24, 2.45) is 0 Å². The fraction of sp³-hybridized carbons (Fsp3) is 0.188. The van der Waals surface area contributed by atoms with Crippen LogP contribution in [0.2, 0.25) is 0 Å². The van der Waals surface area contributed by atoms with Crippen molar-refractivity contribution in [3.8, 4) is 5.75 Å². The van der Waals surface area contributed by atoms with E-state index < -0.39 is 10.0 Å². The zero-order valence-corrected chi connectivity index (χ0v) is 13.9. The monoisotopic (exact) mass is 334 g/mol. The highest BCUT2D eigenvalue weighted by Crippen LogP contribution is 2.21. The van der Waals surface area contributed by atoms with Gasteiger partial charge in [0.05, 0.1) is 19.1 Å². The van der Waals surface area contributed by atoms with Crippen LogP contribution in [0.15, 0.2) is 48.5 Å². The maximum absolute atomic E-state index is 12.3. The van der Waals surface area contributed by atoms with Gasteiger partial charge in [-0.25, -0.2) is 8.42 Å². The smallest absolute Gasteiger partial charge is 0.255 e. The Morgan fingerprint density at radius 1 is 1.13 bits per heavy atom. The lowest BCUT2D eigenvalue weighted by molar-refractivity contribution is 0.102. The second-order valence-corrected chi connectivity index (χ2v) is 6.98. The summed E-state index contributed by atoms with van der Waals surface area (Å²) in [7, 11) is -0.372. The van der Waals surface area contributed by atoms with Gasteiger partial charge in [-0.15, -0.1) is 0 Å². The Kier molecular flexibility index (Phi) is 4.90. The zero-order chi connectivity index (χ0) is 17.0. The Bertz CT molecular complexity index is 818. The predicted molar refractivity (Wildman–Crippen MR) is 90.6 cm³/mol. The molecular formula is C16H18N2O4S. The molecule has 2 rings (SSSR count). The minimum atomic E-state index is -3.36. The number of ether oxygens (including phenoxy) is 1. The molecule has 1 N–H and O–H groups in total. The molecule has 0 saturated carbocycles. The molecule has 0 aliphatic carbocycles.